The Balaban J connectivity index is 1.64. The molecule has 1 unspecified atom stereocenters. The number of halogens is 1. The van der Waals surface area contributed by atoms with Crippen LogP contribution in [0.4, 0.5) is 5.69 Å². The van der Waals surface area contributed by atoms with Crippen LogP contribution >= 0.6 is 27.3 Å². The number of benzene rings is 1. The molecule has 0 saturated heterocycles. The summed E-state index contributed by atoms with van der Waals surface area (Å²) in [5.41, 5.74) is 5.05. The summed E-state index contributed by atoms with van der Waals surface area (Å²) in [5.74, 6) is 0.125. The number of fused-ring (bicyclic) bond motifs is 2. The Bertz CT molecular complexity index is 700. The zero-order chi connectivity index (χ0) is 14.4. The average Bonchev–Trinajstić information content (AvgIpc) is 3.07. The van der Waals surface area contributed by atoms with Crippen molar-refractivity contribution in [2.45, 2.75) is 36.9 Å². The van der Waals surface area contributed by atoms with Crippen molar-refractivity contribution in [1.82, 2.24) is 0 Å². The van der Waals surface area contributed by atoms with Crippen LogP contribution in [0.3, 0.4) is 0 Å². The summed E-state index contributed by atoms with van der Waals surface area (Å²) in [6.45, 7) is 0. The first kappa shape index (κ1) is 13.5. The van der Waals surface area contributed by atoms with E-state index in [1.165, 1.54) is 35.3 Å². The molecule has 1 aromatic carbocycles. The molecule has 1 aliphatic carbocycles. The second-order valence-corrected chi connectivity index (χ2v) is 7.86. The van der Waals surface area contributed by atoms with E-state index < -0.39 is 0 Å². The van der Waals surface area contributed by atoms with Gasteiger partial charge in [0, 0.05) is 21.9 Å². The number of hydrogen-bond acceptors (Lipinski definition) is 2. The van der Waals surface area contributed by atoms with E-state index in [1.807, 2.05) is 17.4 Å². The van der Waals surface area contributed by atoms with Crippen LogP contribution < -0.4 is 5.32 Å². The maximum Gasteiger partial charge on any atom is 0.224 e. The number of anilines is 1. The number of rotatable bonds is 2. The SMILES string of the molecule is O=C1CCc2cc(C(Br)c3cc4c(s3)CCC4)ccc2N1. The van der Waals surface area contributed by atoms with E-state index in [0.717, 1.165) is 12.1 Å². The third-order valence-electron chi connectivity index (χ3n) is 4.33. The van der Waals surface area contributed by atoms with E-state index in [0.29, 0.717) is 6.42 Å². The number of nitrogens with one attached hydrogen (secondary N) is 1. The minimum absolute atomic E-state index is 0.125. The van der Waals surface area contributed by atoms with Gasteiger partial charge in [-0.2, -0.15) is 0 Å². The molecule has 1 N–H and O–H groups in total. The number of thiophene rings is 1. The van der Waals surface area contributed by atoms with Crippen LogP contribution in [0.5, 0.6) is 0 Å². The molecule has 2 heterocycles. The molecule has 2 aliphatic rings. The summed E-state index contributed by atoms with van der Waals surface area (Å²) < 4.78 is 0. The number of carbonyl (C=O) groups excluding carboxylic acids is 1. The van der Waals surface area contributed by atoms with Crippen LogP contribution in [0.15, 0.2) is 24.3 Å². The number of aryl methyl sites for hydroxylation is 3. The molecular weight excluding hydrogens is 346 g/mol. The molecule has 0 saturated carbocycles. The normalized spacial score (nSPS) is 18.0. The fraction of sp³-hybridized carbons (Fsp3) is 0.353. The van der Waals surface area contributed by atoms with E-state index in [-0.39, 0.29) is 10.7 Å². The van der Waals surface area contributed by atoms with Gasteiger partial charge in [0.2, 0.25) is 5.91 Å². The van der Waals surface area contributed by atoms with Crippen LogP contribution in [0, 0.1) is 0 Å². The molecule has 1 aliphatic heterocycles. The van der Waals surface area contributed by atoms with Gasteiger partial charge in [-0.15, -0.1) is 11.3 Å². The maximum absolute atomic E-state index is 11.4. The average molecular weight is 362 g/mol. The summed E-state index contributed by atoms with van der Waals surface area (Å²) in [4.78, 5) is 14.7. The number of amides is 1. The molecule has 4 rings (SSSR count). The lowest BCUT2D eigenvalue weighted by molar-refractivity contribution is -0.116. The molecule has 0 bridgehead atoms. The van der Waals surface area contributed by atoms with Gasteiger partial charge in [0.05, 0.1) is 4.83 Å². The highest BCUT2D eigenvalue weighted by Gasteiger charge is 2.21. The number of hydrogen-bond donors (Lipinski definition) is 1. The van der Waals surface area contributed by atoms with Gasteiger partial charge >= 0.3 is 0 Å². The summed E-state index contributed by atoms with van der Waals surface area (Å²) in [6.07, 6.45) is 5.23. The molecule has 2 aromatic rings. The summed E-state index contributed by atoms with van der Waals surface area (Å²) in [5, 5.41) is 2.95. The Kier molecular flexibility index (Phi) is 3.38. The third-order valence-corrected chi connectivity index (χ3v) is 6.96. The molecule has 2 nitrogen and oxygen atoms in total. The smallest absolute Gasteiger partial charge is 0.224 e. The molecule has 21 heavy (non-hydrogen) atoms. The van der Waals surface area contributed by atoms with Crippen LogP contribution in [0.25, 0.3) is 0 Å². The second kappa shape index (κ2) is 5.25. The van der Waals surface area contributed by atoms with E-state index in [1.54, 1.807) is 10.4 Å². The quantitative estimate of drug-likeness (QED) is 0.777. The Morgan fingerprint density at radius 3 is 2.86 bits per heavy atom. The molecule has 1 aromatic heterocycles. The number of alkyl halides is 1. The molecule has 1 amide bonds. The Labute approximate surface area is 136 Å². The van der Waals surface area contributed by atoms with E-state index >= 15 is 0 Å². The lowest BCUT2D eigenvalue weighted by Gasteiger charge is -2.19. The van der Waals surface area contributed by atoms with E-state index in [9.17, 15) is 4.79 Å². The summed E-state index contributed by atoms with van der Waals surface area (Å²) in [7, 11) is 0. The highest BCUT2D eigenvalue weighted by molar-refractivity contribution is 9.09. The van der Waals surface area contributed by atoms with Crippen molar-refractivity contribution < 1.29 is 4.79 Å². The van der Waals surface area contributed by atoms with Crippen LogP contribution in [0.1, 0.15) is 44.1 Å². The fourth-order valence-corrected chi connectivity index (χ4v) is 5.16. The van der Waals surface area contributed by atoms with Crippen molar-refractivity contribution in [2.75, 3.05) is 5.32 Å². The van der Waals surface area contributed by atoms with Crippen molar-refractivity contribution in [3.05, 3.63) is 50.7 Å². The first-order valence-corrected chi connectivity index (χ1v) is 9.12. The highest BCUT2D eigenvalue weighted by Crippen LogP contribution is 2.41. The molecule has 0 fully saturated rings. The van der Waals surface area contributed by atoms with Crippen LogP contribution in [-0.2, 0) is 24.1 Å². The van der Waals surface area contributed by atoms with Crippen molar-refractivity contribution in [1.29, 1.82) is 0 Å². The largest absolute Gasteiger partial charge is 0.326 e. The number of carbonyl (C=O) groups is 1. The van der Waals surface area contributed by atoms with Gasteiger partial charge in [-0.3, -0.25) is 4.79 Å². The first-order valence-electron chi connectivity index (χ1n) is 7.39. The van der Waals surface area contributed by atoms with Gasteiger partial charge in [0.15, 0.2) is 0 Å². The molecule has 0 spiro atoms. The Morgan fingerprint density at radius 2 is 2.00 bits per heavy atom. The van der Waals surface area contributed by atoms with Gasteiger partial charge < -0.3 is 5.32 Å². The highest BCUT2D eigenvalue weighted by atomic mass is 79.9. The topological polar surface area (TPSA) is 29.1 Å². The second-order valence-electron chi connectivity index (χ2n) is 5.78. The molecule has 4 heteroatoms. The first-order chi connectivity index (χ1) is 10.2. The summed E-state index contributed by atoms with van der Waals surface area (Å²) >= 11 is 5.80. The Morgan fingerprint density at radius 1 is 1.10 bits per heavy atom. The molecular formula is C17H16BrNOS. The van der Waals surface area contributed by atoms with Gasteiger partial charge in [-0.05, 0) is 54.5 Å². The lowest BCUT2D eigenvalue weighted by atomic mass is 9.99. The molecule has 1 atom stereocenters. The van der Waals surface area contributed by atoms with E-state index in [2.05, 4.69) is 39.4 Å². The fourth-order valence-electron chi connectivity index (χ4n) is 3.20. The predicted octanol–water partition coefficient (Wildman–Crippen LogP) is 4.61. The lowest BCUT2D eigenvalue weighted by Crippen LogP contribution is -2.19. The van der Waals surface area contributed by atoms with Gasteiger partial charge in [0.25, 0.3) is 0 Å². The zero-order valence-electron chi connectivity index (χ0n) is 11.6. The molecule has 108 valence electrons. The standard InChI is InChI=1S/C17H16BrNOS/c18-17(15-9-11-2-1-3-14(11)21-15)12-4-6-13-10(8-12)5-7-16(20)19-13/h4,6,8-9,17H,1-3,5,7H2,(H,19,20). The van der Waals surface area contributed by atoms with Gasteiger partial charge in [0.1, 0.15) is 0 Å². The minimum Gasteiger partial charge on any atom is -0.326 e. The van der Waals surface area contributed by atoms with Crippen molar-refractivity contribution in [3.63, 3.8) is 0 Å². The van der Waals surface area contributed by atoms with Gasteiger partial charge in [-0.1, -0.05) is 28.1 Å². The van der Waals surface area contributed by atoms with Crippen LogP contribution in [-0.4, -0.2) is 5.91 Å². The third kappa shape index (κ3) is 2.44. The van der Waals surface area contributed by atoms with Crippen molar-refractivity contribution in [3.8, 4) is 0 Å². The summed E-state index contributed by atoms with van der Waals surface area (Å²) in [6, 6.07) is 8.76. The van der Waals surface area contributed by atoms with Crippen LogP contribution in [0.2, 0.25) is 0 Å². The Hall–Kier alpha value is -1.13. The predicted molar refractivity (Wildman–Crippen MR) is 90.5 cm³/mol. The maximum atomic E-state index is 11.4. The van der Waals surface area contributed by atoms with E-state index in [4.69, 9.17) is 0 Å². The van der Waals surface area contributed by atoms with Crippen molar-refractivity contribution >= 4 is 38.9 Å². The molecule has 0 radical (unpaired) electrons. The monoisotopic (exact) mass is 361 g/mol. The van der Waals surface area contributed by atoms with Gasteiger partial charge in [-0.25, -0.2) is 0 Å². The zero-order valence-corrected chi connectivity index (χ0v) is 14.0. The van der Waals surface area contributed by atoms with Crippen molar-refractivity contribution in [2.24, 2.45) is 0 Å². The minimum atomic E-state index is 0.125.